The zero-order chi connectivity index (χ0) is 13.1. The Morgan fingerprint density at radius 2 is 2.06 bits per heavy atom. The molecule has 3 heteroatoms. The summed E-state index contributed by atoms with van der Waals surface area (Å²) in [5, 5.41) is 9.67. The predicted molar refractivity (Wildman–Crippen MR) is 76.1 cm³/mol. The molecule has 2 atom stereocenters. The minimum absolute atomic E-state index is 0.195. The van der Waals surface area contributed by atoms with Crippen LogP contribution in [-0.4, -0.2) is 48.8 Å². The van der Waals surface area contributed by atoms with E-state index in [-0.39, 0.29) is 12.6 Å². The maximum absolute atomic E-state index is 9.67. The summed E-state index contributed by atoms with van der Waals surface area (Å²) in [5.74, 6) is 0. The summed E-state index contributed by atoms with van der Waals surface area (Å²) >= 11 is 0. The fourth-order valence-corrected chi connectivity index (χ4v) is 2.70. The first-order valence-corrected chi connectivity index (χ1v) is 6.77. The lowest BCUT2D eigenvalue weighted by atomic mass is 10.1. The van der Waals surface area contributed by atoms with Crippen molar-refractivity contribution in [2.24, 2.45) is 0 Å². The molecular weight excluding hydrogens is 224 g/mol. The Balaban J connectivity index is 2.27. The largest absolute Gasteiger partial charge is 0.394 e. The lowest BCUT2D eigenvalue weighted by Gasteiger charge is -2.32. The van der Waals surface area contributed by atoms with Crippen molar-refractivity contribution < 1.29 is 5.11 Å². The highest BCUT2D eigenvalue weighted by molar-refractivity contribution is 5.54. The van der Waals surface area contributed by atoms with Crippen molar-refractivity contribution in [1.82, 2.24) is 4.90 Å². The summed E-state index contributed by atoms with van der Waals surface area (Å²) in [4.78, 5) is 4.72. The molecule has 0 amide bonds. The van der Waals surface area contributed by atoms with Crippen LogP contribution in [0.15, 0.2) is 24.3 Å². The van der Waals surface area contributed by atoms with Crippen LogP contribution in [0, 0.1) is 6.92 Å². The van der Waals surface area contributed by atoms with Gasteiger partial charge in [0.2, 0.25) is 0 Å². The Morgan fingerprint density at radius 1 is 1.33 bits per heavy atom. The highest BCUT2D eigenvalue weighted by Crippen LogP contribution is 2.25. The minimum Gasteiger partial charge on any atom is -0.394 e. The molecule has 18 heavy (non-hydrogen) atoms. The Morgan fingerprint density at radius 3 is 2.72 bits per heavy atom. The summed E-state index contributed by atoms with van der Waals surface area (Å²) < 4.78 is 0. The molecule has 1 fully saturated rings. The number of anilines is 1. The van der Waals surface area contributed by atoms with Crippen molar-refractivity contribution in [3.63, 3.8) is 0 Å². The fourth-order valence-electron chi connectivity index (χ4n) is 2.70. The van der Waals surface area contributed by atoms with E-state index in [4.69, 9.17) is 0 Å². The third kappa shape index (κ3) is 2.68. The summed E-state index contributed by atoms with van der Waals surface area (Å²) in [6.45, 7) is 6.55. The number of aliphatic hydroxyl groups is 1. The first-order valence-electron chi connectivity index (χ1n) is 6.77. The Kier molecular flexibility index (Phi) is 4.25. The van der Waals surface area contributed by atoms with E-state index < -0.39 is 0 Å². The zero-order valence-corrected chi connectivity index (χ0v) is 11.6. The molecule has 1 saturated heterocycles. The number of aliphatic hydroxyl groups excluding tert-OH is 1. The van der Waals surface area contributed by atoms with E-state index in [0.717, 1.165) is 19.5 Å². The quantitative estimate of drug-likeness (QED) is 0.866. The van der Waals surface area contributed by atoms with Gasteiger partial charge in [-0.2, -0.15) is 0 Å². The second-order valence-corrected chi connectivity index (χ2v) is 5.39. The molecule has 0 bridgehead atoms. The van der Waals surface area contributed by atoms with Gasteiger partial charge >= 0.3 is 0 Å². The number of hydrogen-bond donors (Lipinski definition) is 1. The highest BCUT2D eigenvalue weighted by Gasteiger charge is 2.26. The zero-order valence-electron chi connectivity index (χ0n) is 11.6. The van der Waals surface area contributed by atoms with Gasteiger partial charge in [-0.25, -0.2) is 0 Å². The van der Waals surface area contributed by atoms with E-state index in [9.17, 15) is 5.11 Å². The van der Waals surface area contributed by atoms with Crippen LogP contribution in [0.3, 0.4) is 0 Å². The molecule has 1 N–H and O–H groups in total. The normalized spacial score (nSPS) is 26.1. The summed E-state index contributed by atoms with van der Waals surface area (Å²) in [6, 6.07) is 9.22. The molecule has 2 rings (SSSR count). The topological polar surface area (TPSA) is 26.7 Å². The van der Waals surface area contributed by atoms with Gasteiger partial charge in [0.25, 0.3) is 0 Å². The van der Waals surface area contributed by atoms with Crippen LogP contribution in [0.2, 0.25) is 0 Å². The molecule has 0 saturated carbocycles. The van der Waals surface area contributed by atoms with E-state index in [1.807, 2.05) is 0 Å². The summed E-state index contributed by atoms with van der Waals surface area (Å²) in [5.41, 5.74) is 2.55. The van der Waals surface area contributed by atoms with Crippen molar-refractivity contribution in [2.75, 3.05) is 31.6 Å². The van der Waals surface area contributed by atoms with Crippen LogP contribution in [-0.2, 0) is 0 Å². The molecule has 1 aromatic carbocycles. The van der Waals surface area contributed by atoms with Gasteiger partial charge in [-0.15, -0.1) is 0 Å². The molecule has 0 aliphatic carbocycles. The first kappa shape index (κ1) is 13.4. The third-order valence-corrected chi connectivity index (χ3v) is 4.12. The van der Waals surface area contributed by atoms with Gasteiger partial charge < -0.3 is 14.9 Å². The van der Waals surface area contributed by atoms with E-state index >= 15 is 0 Å². The average Bonchev–Trinajstić information content (AvgIpc) is 2.51. The predicted octanol–water partition coefficient (Wildman–Crippen LogP) is 1.89. The number of aryl methyl sites for hydroxylation is 1. The molecule has 1 heterocycles. The number of nitrogens with zero attached hydrogens (tertiary/aromatic N) is 2. The molecule has 2 unspecified atom stereocenters. The highest BCUT2D eigenvalue weighted by atomic mass is 16.3. The van der Waals surface area contributed by atoms with Gasteiger partial charge in [-0.3, -0.25) is 0 Å². The van der Waals surface area contributed by atoms with E-state index in [1.165, 1.54) is 11.3 Å². The maximum Gasteiger partial charge on any atom is 0.0648 e. The van der Waals surface area contributed by atoms with Crippen LogP contribution < -0.4 is 4.90 Å². The van der Waals surface area contributed by atoms with Crippen LogP contribution in [0.5, 0.6) is 0 Å². The molecule has 1 aromatic rings. The summed E-state index contributed by atoms with van der Waals surface area (Å²) in [7, 11) is 2.15. The smallest absolute Gasteiger partial charge is 0.0648 e. The second kappa shape index (κ2) is 5.72. The van der Waals surface area contributed by atoms with Crippen molar-refractivity contribution in [2.45, 2.75) is 32.4 Å². The number of rotatable bonds is 2. The van der Waals surface area contributed by atoms with Crippen molar-refractivity contribution in [3.8, 4) is 0 Å². The summed E-state index contributed by atoms with van der Waals surface area (Å²) in [6.07, 6.45) is 1.14. The number of para-hydroxylation sites is 1. The van der Waals surface area contributed by atoms with Gasteiger partial charge in [0.15, 0.2) is 0 Å². The van der Waals surface area contributed by atoms with Gasteiger partial charge in [0, 0.05) is 24.8 Å². The Hall–Kier alpha value is -1.06. The van der Waals surface area contributed by atoms with Crippen LogP contribution in [0.4, 0.5) is 5.69 Å². The molecular formula is C15H24N2O. The Bertz CT molecular complexity index is 394. The van der Waals surface area contributed by atoms with Crippen molar-refractivity contribution >= 4 is 5.69 Å². The fraction of sp³-hybridized carbons (Fsp3) is 0.600. The van der Waals surface area contributed by atoms with Gasteiger partial charge in [0.1, 0.15) is 0 Å². The maximum atomic E-state index is 9.67. The Labute approximate surface area is 110 Å². The molecule has 3 nitrogen and oxygen atoms in total. The lowest BCUT2D eigenvalue weighted by Crippen LogP contribution is -2.43. The van der Waals surface area contributed by atoms with Crippen LogP contribution >= 0.6 is 0 Å². The first-order chi connectivity index (χ1) is 8.63. The number of likely N-dealkylation sites (N-methyl/N-ethyl adjacent to an activating group) is 1. The van der Waals surface area contributed by atoms with E-state index in [0.29, 0.717) is 6.04 Å². The van der Waals surface area contributed by atoms with Crippen molar-refractivity contribution in [1.29, 1.82) is 0 Å². The van der Waals surface area contributed by atoms with E-state index in [1.54, 1.807) is 0 Å². The van der Waals surface area contributed by atoms with Gasteiger partial charge in [0.05, 0.1) is 12.6 Å². The second-order valence-electron chi connectivity index (χ2n) is 5.39. The van der Waals surface area contributed by atoms with Gasteiger partial charge in [-0.05, 0) is 38.9 Å². The molecule has 100 valence electrons. The third-order valence-electron chi connectivity index (χ3n) is 4.12. The monoisotopic (exact) mass is 248 g/mol. The number of benzene rings is 1. The van der Waals surface area contributed by atoms with Crippen LogP contribution in [0.25, 0.3) is 0 Å². The molecule has 1 aliphatic rings. The molecule has 0 spiro atoms. The van der Waals surface area contributed by atoms with Crippen molar-refractivity contribution in [3.05, 3.63) is 29.8 Å². The SMILES string of the molecule is Cc1ccccc1N1CCC(C)N(C)CC1CO. The van der Waals surface area contributed by atoms with E-state index in [2.05, 4.69) is 55.0 Å². The minimum atomic E-state index is 0.195. The van der Waals surface area contributed by atoms with Gasteiger partial charge in [-0.1, -0.05) is 18.2 Å². The molecule has 0 radical (unpaired) electrons. The average molecular weight is 248 g/mol. The number of hydrogen-bond acceptors (Lipinski definition) is 3. The standard InChI is InChI=1S/C15H24N2O/c1-12-6-4-5-7-15(12)17-9-8-13(2)16(3)10-14(17)11-18/h4-7,13-14,18H,8-11H2,1-3H3. The molecule has 1 aliphatic heterocycles. The lowest BCUT2D eigenvalue weighted by molar-refractivity contribution is 0.206. The van der Waals surface area contributed by atoms with Crippen LogP contribution in [0.1, 0.15) is 18.9 Å². The molecule has 0 aromatic heterocycles.